The molecule has 0 bridgehead atoms. The van der Waals surface area contributed by atoms with Crippen LogP contribution < -0.4 is 0 Å². The summed E-state index contributed by atoms with van der Waals surface area (Å²) in [6.07, 6.45) is 6.84. The monoisotopic (exact) mass is 156 g/mol. The van der Waals surface area contributed by atoms with Gasteiger partial charge in [-0.25, -0.2) is 0 Å². The zero-order valence-corrected chi connectivity index (χ0v) is 7.76. The Labute approximate surface area is 68.8 Å². The molecule has 0 aromatic rings. The SMILES string of the molecule is CCC#CCCCCSC. The zero-order valence-electron chi connectivity index (χ0n) is 6.94. The molecule has 0 rings (SSSR count). The van der Waals surface area contributed by atoms with Gasteiger partial charge in [0, 0.05) is 12.8 Å². The average molecular weight is 156 g/mol. The molecule has 0 spiro atoms. The lowest BCUT2D eigenvalue weighted by Gasteiger charge is -1.91. The molecule has 0 amide bonds. The first-order chi connectivity index (χ1) is 4.91. The van der Waals surface area contributed by atoms with Crippen LogP contribution in [0.5, 0.6) is 0 Å². The molecule has 0 aliphatic rings. The lowest BCUT2D eigenvalue weighted by molar-refractivity contribution is 0.836. The van der Waals surface area contributed by atoms with Crippen LogP contribution >= 0.6 is 11.8 Å². The van der Waals surface area contributed by atoms with Gasteiger partial charge in [-0.05, 0) is 24.9 Å². The maximum atomic E-state index is 3.13. The number of rotatable bonds is 4. The maximum Gasteiger partial charge on any atom is 0.00889 e. The summed E-state index contributed by atoms with van der Waals surface area (Å²) in [6.45, 7) is 2.09. The highest BCUT2D eigenvalue weighted by Gasteiger charge is 1.82. The maximum absolute atomic E-state index is 3.13. The molecule has 0 radical (unpaired) electrons. The van der Waals surface area contributed by atoms with Gasteiger partial charge in [0.2, 0.25) is 0 Å². The second-order valence-electron chi connectivity index (χ2n) is 2.16. The minimum atomic E-state index is 1.00. The van der Waals surface area contributed by atoms with E-state index in [-0.39, 0.29) is 0 Å². The molecule has 58 valence electrons. The molecule has 10 heavy (non-hydrogen) atoms. The topological polar surface area (TPSA) is 0 Å². The van der Waals surface area contributed by atoms with Crippen LogP contribution in [0.2, 0.25) is 0 Å². The molecule has 0 aliphatic heterocycles. The highest BCUT2D eigenvalue weighted by molar-refractivity contribution is 7.98. The van der Waals surface area contributed by atoms with Crippen molar-refractivity contribution in [2.75, 3.05) is 12.0 Å². The van der Waals surface area contributed by atoms with Crippen molar-refractivity contribution in [2.24, 2.45) is 0 Å². The predicted molar refractivity (Wildman–Crippen MR) is 50.3 cm³/mol. The molecule has 0 heterocycles. The van der Waals surface area contributed by atoms with E-state index in [2.05, 4.69) is 25.0 Å². The van der Waals surface area contributed by atoms with Crippen LogP contribution in [0.4, 0.5) is 0 Å². The Morgan fingerprint density at radius 3 is 2.60 bits per heavy atom. The van der Waals surface area contributed by atoms with Gasteiger partial charge < -0.3 is 0 Å². The second kappa shape index (κ2) is 8.91. The van der Waals surface area contributed by atoms with Crippen molar-refractivity contribution in [2.45, 2.75) is 32.6 Å². The molecular weight excluding hydrogens is 140 g/mol. The summed E-state index contributed by atoms with van der Waals surface area (Å²) in [4.78, 5) is 0. The Morgan fingerprint density at radius 1 is 1.20 bits per heavy atom. The average Bonchev–Trinajstić information content (AvgIpc) is 1.97. The molecule has 0 fully saturated rings. The van der Waals surface area contributed by atoms with Crippen molar-refractivity contribution in [3.05, 3.63) is 0 Å². The van der Waals surface area contributed by atoms with Gasteiger partial charge in [-0.2, -0.15) is 11.8 Å². The van der Waals surface area contributed by atoms with Gasteiger partial charge in [-0.3, -0.25) is 0 Å². The number of hydrogen-bond acceptors (Lipinski definition) is 1. The Bertz CT molecular complexity index is 108. The van der Waals surface area contributed by atoms with E-state index in [4.69, 9.17) is 0 Å². The summed E-state index contributed by atoms with van der Waals surface area (Å²) < 4.78 is 0. The standard InChI is InChI=1S/C9H16S/c1-3-4-5-6-7-8-9-10-2/h3,6-9H2,1-2H3. The Balaban J connectivity index is 2.90. The summed E-state index contributed by atoms with van der Waals surface area (Å²) >= 11 is 1.92. The third-order valence-corrected chi connectivity index (χ3v) is 1.90. The van der Waals surface area contributed by atoms with E-state index < -0.39 is 0 Å². The summed E-state index contributed by atoms with van der Waals surface area (Å²) in [5, 5.41) is 0. The first-order valence-corrected chi connectivity index (χ1v) is 5.25. The molecule has 0 saturated carbocycles. The summed E-state index contributed by atoms with van der Waals surface area (Å²) in [5.41, 5.74) is 0. The van der Waals surface area contributed by atoms with Crippen molar-refractivity contribution >= 4 is 11.8 Å². The van der Waals surface area contributed by atoms with Crippen LogP contribution in [0.1, 0.15) is 32.6 Å². The van der Waals surface area contributed by atoms with Gasteiger partial charge in [-0.1, -0.05) is 6.92 Å². The Morgan fingerprint density at radius 2 is 2.00 bits per heavy atom. The van der Waals surface area contributed by atoms with Crippen LogP contribution in [0.15, 0.2) is 0 Å². The van der Waals surface area contributed by atoms with Crippen LogP contribution in [-0.2, 0) is 0 Å². The van der Waals surface area contributed by atoms with Crippen LogP contribution in [0.3, 0.4) is 0 Å². The van der Waals surface area contributed by atoms with Crippen molar-refractivity contribution < 1.29 is 0 Å². The highest BCUT2D eigenvalue weighted by atomic mass is 32.2. The fourth-order valence-corrected chi connectivity index (χ4v) is 1.17. The minimum Gasteiger partial charge on any atom is -0.165 e. The first-order valence-electron chi connectivity index (χ1n) is 3.86. The number of unbranched alkanes of at least 4 members (excludes halogenated alkanes) is 2. The highest BCUT2D eigenvalue weighted by Crippen LogP contribution is 2.00. The van der Waals surface area contributed by atoms with Gasteiger partial charge in [-0.15, -0.1) is 11.8 Å². The smallest absolute Gasteiger partial charge is 0.00889 e. The van der Waals surface area contributed by atoms with E-state index in [0.717, 1.165) is 12.8 Å². The Hall–Kier alpha value is -0.0900. The molecule has 0 atom stereocenters. The van der Waals surface area contributed by atoms with E-state index in [9.17, 15) is 0 Å². The van der Waals surface area contributed by atoms with E-state index in [1.165, 1.54) is 18.6 Å². The molecule has 0 nitrogen and oxygen atoms in total. The first kappa shape index (κ1) is 9.91. The van der Waals surface area contributed by atoms with Gasteiger partial charge in [0.25, 0.3) is 0 Å². The van der Waals surface area contributed by atoms with E-state index >= 15 is 0 Å². The fourth-order valence-electron chi connectivity index (χ4n) is 0.673. The van der Waals surface area contributed by atoms with Crippen molar-refractivity contribution in [3.63, 3.8) is 0 Å². The molecule has 1 heteroatoms. The van der Waals surface area contributed by atoms with Crippen LogP contribution in [-0.4, -0.2) is 12.0 Å². The van der Waals surface area contributed by atoms with Crippen molar-refractivity contribution in [1.29, 1.82) is 0 Å². The summed E-state index contributed by atoms with van der Waals surface area (Å²) in [5.74, 6) is 7.49. The Kier molecular flexibility index (Phi) is 8.83. The van der Waals surface area contributed by atoms with Gasteiger partial charge in [0.15, 0.2) is 0 Å². The lowest BCUT2D eigenvalue weighted by atomic mass is 10.2. The number of thioether (sulfide) groups is 1. The van der Waals surface area contributed by atoms with E-state index in [1.54, 1.807) is 0 Å². The molecule has 0 aliphatic carbocycles. The molecule has 0 unspecified atom stereocenters. The fraction of sp³-hybridized carbons (Fsp3) is 0.778. The molecule has 0 aromatic carbocycles. The van der Waals surface area contributed by atoms with Crippen LogP contribution in [0, 0.1) is 11.8 Å². The van der Waals surface area contributed by atoms with E-state index in [1.807, 2.05) is 11.8 Å². The summed E-state index contributed by atoms with van der Waals surface area (Å²) in [7, 11) is 0. The molecule has 0 saturated heterocycles. The molecule has 0 N–H and O–H groups in total. The van der Waals surface area contributed by atoms with E-state index in [0.29, 0.717) is 0 Å². The molecule has 0 aromatic heterocycles. The number of hydrogen-bond donors (Lipinski definition) is 0. The van der Waals surface area contributed by atoms with Gasteiger partial charge >= 0.3 is 0 Å². The third kappa shape index (κ3) is 7.91. The normalized spacial score (nSPS) is 8.60. The van der Waals surface area contributed by atoms with Crippen molar-refractivity contribution in [3.8, 4) is 11.8 Å². The van der Waals surface area contributed by atoms with Gasteiger partial charge in [0.1, 0.15) is 0 Å². The molecular formula is C9H16S. The van der Waals surface area contributed by atoms with Crippen molar-refractivity contribution in [1.82, 2.24) is 0 Å². The predicted octanol–water partition coefficient (Wildman–Crippen LogP) is 2.93. The minimum absolute atomic E-state index is 1.00. The largest absolute Gasteiger partial charge is 0.165 e. The quantitative estimate of drug-likeness (QED) is 0.445. The second-order valence-corrected chi connectivity index (χ2v) is 3.14. The third-order valence-electron chi connectivity index (χ3n) is 1.20. The summed E-state index contributed by atoms with van der Waals surface area (Å²) in [6, 6.07) is 0. The van der Waals surface area contributed by atoms with Gasteiger partial charge in [0.05, 0.1) is 0 Å². The lowest BCUT2D eigenvalue weighted by Crippen LogP contribution is -1.77. The van der Waals surface area contributed by atoms with Crippen LogP contribution in [0.25, 0.3) is 0 Å². The zero-order chi connectivity index (χ0) is 7.66.